The lowest BCUT2D eigenvalue weighted by molar-refractivity contribution is -0.139. The zero-order valence-electron chi connectivity index (χ0n) is 15.6. The third kappa shape index (κ3) is 5.25. The Morgan fingerprint density at radius 2 is 2.00 bits per heavy atom. The average Bonchev–Trinajstić information content (AvgIpc) is 2.96. The first-order chi connectivity index (χ1) is 12.0. The van der Waals surface area contributed by atoms with Crippen molar-refractivity contribution in [2.75, 3.05) is 26.3 Å². The molecule has 7 heteroatoms. The van der Waals surface area contributed by atoms with Crippen LogP contribution in [0.25, 0.3) is 0 Å². The number of carbonyl (C=O) groups excluding carboxylic acids is 2. The Kier molecular flexibility index (Phi) is 7.38. The second-order valence-electron chi connectivity index (χ2n) is 6.46. The molecular formula is C18H29N3O3S. The molecule has 0 aromatic carbocycles. The standard InChI is InChI=1S/C18H29N3O3S/c1-5-15(18-19-12(3)13(4)25-18)20-17(23)14-7-9-21(10-8-14)16(22)11-24-6-2/h14-15H,5-11H2,1-4H3,(H,20,23)/t15-/m0/s1. The van der Waals surface area contributed by atoms with E-state index in [1.165, 1.54) is 4.88 Å². The maximum absolute atomic E-state index is 12.6. The molecule has 2 heterocycles. The fourth-order valence-corrected chi connectivity index (χ4v) is 4.00. The van der Waals surface area contributed by atoms with E-state index in [4.69, 9.17) is 4.74 Å². The summed E-state index contributed by atoms with van der Waals surface area (Å²) >= 11 is 1.65. The molecular weight excluding hydrogens is 338 g/mol. The van der Waals surface area contributed by atoms with Gasteiger partial charge in [0.15, 0.2) is 0 Å². The molecule has 1 aromatic rings. The highest BCUT2D eigenvalue weighted by Gasteiger charge is 2.29. The van der Waals surface area contributed by atoms with Gasteiger partial charge in [0, 0.05) is 30.5 Å². The summed E-state index contributed by atoms with van der Waals surface area (Å²) in [5.74, 6) is 0.0579. The van der Waals surface area contributed by atoms with Crippen LogP contribution in [0.3, 0.4) is 0 Å². The highest BCUT2D eigenvalue weighted by atomic mass is 32.1. The quantitative estimate of drug-likeness (QED) is 0.804. The van der Waals surface area contributed by atoms with E-state index >= 15 is 0 Å². The Labute approximate surface area is 154 Å². The van der Waals surface area contributed by atoms with Crippen LogP contribution in [0.5, 0.6) is 0 Å². The molecule has 1 saturated heterocycles. The molecule has 0 bridgehead atoms. The minimum absolute atomic E-state index is 0.0147. The number of aromatic nitrogens is 1. The normalized spacial score (nSPS) is 16.7. The van der Waals surface area contributed by atoms with Crippen molar-refractivity contribution >= 4 is 23.2 Å². The molecule has 0 saturated carbocycles. The number of hydrogen-bond donors (Lipinski definition) is 1. The molecule has 2 rings (SSSR count). The number of ether oxygens (including phenoxy) is 1. The average molecular weight is 368 g/mol. The second-order valence-corrected chi connectivity index (χ2v) is 7.69. The number of carbonyl (C=O) groups is 2. The van der Waals surface area contributed by atoms with Gasteiger partial charge in [-0.2, -0.15) is 0 Å². The number of likely N-dealkylation sites (tertiary alicyclic amines) is 1. The molecule has 6 nitrogen and oxygen atoms in total. The largest absolute Gasteiger partial charge is 0.372 e. The summed E-state index contributed by atoms with van der Waals surface area (Å²) in [6, 6.07) is -0.0254. The molecule has 2 amide bonds. The minimum atomic E-state index is -0.0349. The van der Waals surface area contributed by atoms with Gasteiger partial charge in [-0.1, -0.05) is 6.92 Å². The number of thiazole rings is 1. The third-order valence-electron chi connectivity index (χ3n) is 4.72. The third-order valence-corrected chi connectivity index (χ3v) is 5.90. The van der Waals surface area contributed by atoms with E-state index in [0.717, 1.165) is 17.1 Å². The summed E-state index contributed by atoms with van der Waals surface area (Å²) in [6.45, 7) is 9.91. The first-order valence-electron chi connectivity index (χ1n) is 9.06. The fraction of sp³-hybridized carbons (Fsp3) is 0.722. The predicted molar refractivity (Wildman–Crippen MR) is 98.6 cm³/mol. The van der Waals surface area contributed by atoms with E-state index in [-0.39, 0.29) is 30.4 Å². The maximum atomic E-state index is 12.6. The van der Waals surface area contributed by atoms with Crippen LogP contribution in [0.1, 0.15) is 54.7 Å². The van der Waals surface area contributed by atoms with Crippen LogP contribution in [-0.2, 0) is 14.3 Å². The number of aryl methyl sites for hydroxylation is 2. The van der Waals surface area contributed by atoms with Crippen LogP contribution in [0.4, 0.5) is 0 Å². The lowest BCUT2D eigenvalue weighted by atomic mass is 9.95. The first kappa shape index (κ1) is 19.8. The molecule has 25 heavy (non-hydrogen) atoms. The van der Waals surface area contributed by atoms with Gasteiger partial charge in [-0.3, -0.25) is 9.59 Å². The van der Waals surface area contributed by atoms with E-state index in [2.05, 4.69) is 24.1 Å². The number of nitrogens with one attached hydrogen (secondary N) is 1. The van der Waals surface area contributed by atoms with Crippen LogP contribution in [0.15, 0.2) is 0 Å². The van der Waals surface area contributed by atoms with Gasteiger partial charge in [0.1, 0.15) is 11.6 Å². The number of hydrogen-bond acceptors (Lipinski definition) is 5. The van der Waals surface area contributed by atoms with Crippen LogP contribution in [0.2, 0.25) is 0 Å². The van der Waals surface area contributed by atoms with Gasteiger partial charge < -0.3 is 15.0 Å². The molecule has 0 radical (unpaired) electrons. The molecule has 0 spiro atoms. The molecule has 1 aliphatic heterocycles. The van der Waals surface area contributed by atoms with Crippen molar-refractivity contribution in [3.63, 3.8) is 0 Å². The fourth-order valence-electron chi connectivity index (χ4n) is 2.95. The van der Waals surface area contributed by atoms with Crippen molar-refractivity contribution in [1.29, 1.82) is 0 Å². The highest BCUT2D eigenvalue weighted by molar-refractivity contribution is 7.11. The van der Waals surface area contributed by atoms with Gasteiger partial charge in [0.25, 0.3) is 0 Å². The van der Waals surface area contributed by atoms with Crippen molar-refractivity contribution in [2.45, 2.75) is 53.0 Å². The summed E-state index contributed by atoms with van der Waals surface area (Å²) in [4.78, 5) is 32.2. The number of rotatable bonds is 7. The van der Waals surface area contributed by atoms with E-state index in [0.29, 0.717) is 32.5 Å². The Balaban J connectivity index is 1.86. The molecule has 0 aliphatic carbocycles. The van der Waals surface area contributed by atoms with Crippen LogP contribution in [0, 0.1) is 19.8 Å². The molecule has 0 unspecified atom stereocenters. The summed E-state index contributed by atoms with van der Waals surface area (Å²) < 4.78 is 5.17. The first-order valence-corrected chi connectivity index (χ1v) is 9.87. The van der Waals surface area contributed by atoms with E-state index in [1.807, 2.05) is 13.8 Å². The Morgan fingerprint density at radius 1 is 1.32 bits per heavy atom. The number of piperidine rings is 1. The summed E-state index contributed by atoms with van der Waals surface area (Å²) in [6.07, 6.45) is 2.23. The number of amides is 2. The summed E-state index contributed by atoms with van der Waals surface area (Å²) in [5, 5.41) is 4.13. The van der Waals surface area contributed by atoms with E-state index in [9.17, 15) is 9.59 Å². The van der Waals surface area contributed by atoms with Gasteiger partial charge >= 0.3 is 0 Å². The van der Waals surface area contributed by atoms with Crippen LogP contribution in [-0.4, -0.2) is 48.0 Å². The monoisotopic (exact) mass is 367 g/mol. The molecule has 1 N–H and O–H groups in total. The Hall–Kier alpha value is -1.47. The predicted octanol–water partition coefficient (Wildman–Crippen LogP) is 2.60. The smallest absolute Gasteiger partial charge is 0.248 e. The molecule has 1 atom stereocenters. The number of nitrogens with zero attached hydrogens (tertiary/aromatic N) is 2. The Morgan fingerprint density at radius 3 is 2.52 bits per heavy atom. The molecule has 1 aromatic heterocycles. The van der Waals surface area contributed by atoms with Crippen molar-refractivity contribution < 1.29 is 14.3 Å². The SMILES string of the molecule is CCOCC(=O)N1CCC(C(=O)N[C@@H](CC)c2nc(C)c(C)s2)CC1. The van der Waals surface area contributed by atoms with Crippen molar-refractivity contribution in [2.24, 2.45) is 5.92 Å². The Bertz CT molecular complexity index is 575. The molecule has 1 fully saturated rings. The second kappa shape index (κ2) is 9.29. The molecule has 140 valence electrons. The zero-order chi connectivity index (χ0) is 18.4. The van der Waals surface area contributed by atoms with Gasteiger partial charge in [-0.15, -0.1) is 11.3 Å². The van der Waals surface area contributed by atoms with Crippen molar-refractivity contribution in [3.05, 3.63) is 15.6 Å². The van der Waals surface area contributed by atoms with E-state index < -0.39 is 0 Å². The van der Waals surface area contributed by atoms with Gasteiger partial charge in [-0.25, -0.2) is 4.98 Å². The van der Waals surface area contributed by atoms with Gasteiger partial charge in [-0.05, 0) is 40.0 Å². The van der Waals surface area contributed by atoms with Gasteiger partial charge in [0.2, 0.25) is 11.8 Å². The minimum Gasteiger partial charge on any atom is -0.372 e. The lowest BCUT2D eigenvalue weighted by Gasteiger charge is -2.32. The summed E-state index contributed by atoms with van der Waals surface area (Å²) in [5.41, 5.74) is 1.04. The zero-order valence-corrected chi connectivity index (χ0v) is 16.4. The summed E-state index contributed by atoms with van der Waals surface area (Å²) in [7, 11) is 0. The van der Waals surface area contributed by atoms with Gasteiger partial charge in [0.05, 0.1) is 11.7 Å². The van der Waals surface area contributed by atoms with Crippen molar-refractivity contribution in [1.82, 2.24) is 15.2 Å². The van der Waals surface area contributed by atoms with Crippen molar-refractivity contribution in [3.8, 4) is 0 Å². The topological polar surface area (TPSA) is 71.5 Å². The highest BCUT2D eigenvalue weighted by Crippen LogP contribution is 2.26. The van der Waals surface area contributed by atoms with Crippen LogP contribution < -0.4 is 5.32 Å². The lowest BCUT2D eigenvalue weighted by Crippen LogP contribution is -2.44. The maximum Gasteiger partial charge on any atom is 0.248 e. The van der Waals surface area contributed by atoms with Crippen LogP contribution >= 0.6 is 11.3 Å². The molecule has 1 aliphatic rings. The van der Waals surface area contributed by atoms with E-state index in [1.54, 1.807) is 16.2 Å².